The molecule has 0 spiro atoms. The van der Waals surface area contributed by atoms with Crippen molar-refractivity contribution in [2.75, 3.05) is 13.2 Å². The lowest BCUT2D eigenvalue weighted by Gasteiger charge is -2.27. The molecule has 0 aliphatic carbocycles. The summed E-state index contributed by atoms with van der Waals surface area (Å²) in [5.74, 6) is -0.224. The first-order chi connectivity index (χ1) is 20.5. The number of ether oxygens (including phenoxy) is 5. The SMILES string of the molecule is CC(C)(C)CC1COC(C)(c2ccc(OC(C)(C)C)cc2)O1.CC(C)(C)CCCC1(C)OCC(c2ccc(C(C)(C)C)cc2)O1. The summed E-state index contributed by atoms with van der Waals surface area (Å²) in [5.41, 5.74) is 4.22. The molecule has 2 aromatic carbocycles. The summed E-state index contributed by atoms with van der Waals surface area (Å²) in [6.07, 6.45) is 4.49. The Bertz CT molecular complexity index is 1190. The second kappa shape index (κ2) is 14.1. The molecule has 2 aliphatic rings. The minimum absolute atomic E-state index is 0.0589. The van der Waals surface area contributed by atoms with Crippen LogP contribution < -0.4 is 4.74 Å². The van der Waals surface area contributed by atoms with Crippen LogP contribution in [0, 0.1) is 10.8 Å². The highest BCUT2D eigenvalue weighted by atomic mass is 16.7. The zero-order valence-electron chi connectivity index (χ0n) is 31.1. The van der Waals surface area contributed by atoms with Gasteiger partial charge in [-0.25, -0.2) is 0 Å². The van der Waals surface area contributed by atoms with Gasteiger partial charge in [0.05, 0.1) is 19.3 Å². The third-order valence-electron chi connectivity index (χ3n) is 8.22. The van der Waals surface area contributed by atoms with Gasteiger partial charge < -0.3 is 23.7 Å². The summed E-state index contributed by atoms with van der Waals surface area (Å²) >= 11 is 0. The van der Waals surface area contributed by atoms with Crippen molar-refractivity contribution in [3.05, 3.63) is 65.2 Å². The van der Waals surface area contributed by atoms with E-state index in [1.165, 1.54) is 17.5 Å². The molecule has 2 heterocycles. The Morgan fingerprint density at radius 3 is 1.82 bits per heavy atom. The molecule has 0 radical (unpaired) electrons. The average Bonchev–Trinajstić information content (AvgIpc) is 3.45. The molecule has 0 bridgehead atoms. The van der Waals surface area contributed by atoms with Crippen LogP contribution in [-0.4, -0.2) is 30.7 Å². The Kier molecular flexibility index (Phi) is 11.7. The summed E-state index contributed by atoms with van der Waals surface area (Å²) < 4.78 is 30.3. The number of hydrogen-bond donors (Lipinski definition) is 0. The van der Waals surface area contributed by atoms with Crippen molar-refractivity contribution < 1.29 is 23.7 Å². The lowest BCUT2D eigenvalue weighted by molar-refractivity contribution is -0.164. The van der Waals surface area contributed by atoms with Crippen LogP contribution in [0.25, 0.3) is 0 Å². The van der Waals surface area contributed by atoms with Crippen LogP contribution >= 0.6 is 0 Å². The van der Waals surface area contributed by atoms with Crippen LogP contribution in [0.1, 0.15) is 145 Å². The van der Waals surface area contributed by atoms with Gasteiger partial charge in [-0.15, -0.1) is 0 Å². The van der Waals surface area contributed by atoms with Gasteiger partial charge in [-0.1, -0.05) is 86.6 Å². The maximum absolute atomic E-state index is 6.25. The molecule has 4 unspecified atom stereocenters. The van der Waals surface area contributed by atoms with E-state index in [0.717, 1.165) is 30.6 Å². The van der Waals surface area contributed by atoms with Crippen molar-refractivity contribution in [1.82, 2.24) is 0 Å². The maximum atomic E-state index is 6.25. The predicted molar refractivity (Wildman–Crippen MR) is 186 cm³/mol. The third-order valence-corrected chi connectivity index (χ3v) is 8.22. The molecule has 5 nitrogen and oxygen atoms in total. The summed E-state index contributed by atoms with van der Waals surface area (Å²) in [7, 11) is 0. The highest BCUT2D eigenvalue weighted by Crippen LogP contribution is 2.39. The first-order valence-electron chi connectivity index (χ1n) is 17.0. The minimum atomic E-state index is -0.657. The molecule has 45 heavy (non-hydrogen) atoms. The molecule has 2 fully saturated rings. The highest BCUT2D eigenvalue weighted by Gasteiger charge is 2.40. The number of benzene rings is 2. The zero-order chi connectivity index (χ0) is 33.9. The smallest absolute Gasteiger partial charge is 0.192 e. The molecule has 0 aromatic heterocycles. The molecule has 4 rings (SSSR count). The molecular formula is C40H64O5. The quantitative estimate of drug-likeness (QED) is 0.307. The Labute approximate surface area is 275 Å². The third kappa shape index (κ3) is 12.3. The largest absolute Gasteiger partial charge is 0.488 e. The van der Waals surface area contributed by atoms with Gasteiger partial charge in [-0.05, 0) is 106 Å². The van der Waals surface area contributed by atoms with Crippen molar-refractivity contribution >= 4 is 0 Å². The molecule has 5 heteroatoms. The fourth-order valence-electron chi connectivity index (χ4n) is 5.81. The molecule has 2 saturated heterocycles. The summed E-state index contributed by atoms with van der Waals surface area (Å²) in [5, 5.41) is 0. The van der Waals surface area contributed by atoms with Gasteiger partial charge >= 0.3 is 0 Å². The van der Waals surface area contributed by atoms with Crippen LogP contribution in [0.2, 0.25) is 0 Å². The van der Waals surface area contributed by atoms with Crippen LogP contribution in [0.3, 0.4) is 0 Å². The lowest BCUT2D eigenvalue weighted by Crippen LogP contribution is -2.26. The topological polar surface area (TPSA) is 46.2 Å². The van der Waals surface area contributed by atoms with Gasteiger partial charge in [0.1, 0.15) is 17.5 Å². The van der Waals surface area contributed by atoms with E-state index in [9.17, 15) is 0 Å². The van der Waals surface area contributed by atoms with E-state index in [1.54, 1.807) is 0 Å². The second-order valence-electron chi connectivity index (χ2n) is 17.8. The van der Waals surface area contributed by atoms with Crippen LogP contribution in [-0.2, 0) is 30.1 Å². The van der Waals surface area contributed by atoms with Crippen LogP contribution in [0.15, 0.2) is 48.5 Å². The predicted octanol–water partition coefficient (Wildman–Crippen LogP) is 10.9. The monoisotopic (exact) mass is 624 g/mol. The average molecular weight is 625 g/mol. The molecule has 0 amide bonds. The van der Waals surface area contributed by atoms with Gasteiger partial charge in [0.2, 0.25) is 0 Å². The molecule has 0 N–H and O–H groups in total. The zero-order valence-corrected chi connectivity index (χ0v) is 31.1. The van der Waals surface area contributed by atoms with Crippen LogP contribution in [0.5, 0.6) is 5.75 Å². The molecular weight excluding hydrogens is 560 g/mol. The van der Waals surface area contributed by atoms with E-state index in [-0.39, 0.29) is 28.6 Å². The fraction of sp³-hybridized carbons (Fsp3) is 0.700. The van der Waals surface area contributed by atoms with Crippen LogP contribution in [0.4, 0.5) is 0 Å². The molecule has 2 aromatic rings. The highest BCUT2D eigenvalue weighted by molar-refractivity contribution is 5.31. The number of hydrogen-bond acceptors (Lipinski definition) is 5. The summed E-state index contributed by atoms with van der Waals surface area (Å²) in [6.45, 7) is 31.8. The Morgan fingerprint density at radius 1 is 0.711 bits per heavy atom. The Hall–Kier alpha value is -1.92. The van der Waals surface area contributed by atoms with Crippen molar-refractivity contribution in [1.29, 1.82) is 0 Å². The van der Waals surface area contributed by atoms with E-state index in [1.807, 2.05) is 52.0 Å². The van der Waals surface area contributed by atoms with Crippen molar-refractivity contribution in [2.24, 2.45) is 10.8 Å². The van der Waals surface area contributed by atoms with E-state index < -0.39 is 11.6 Å². The first kappa shape index (κ1) is 37.5. The van der Waals surface area contributed by atoms with Crippen molar-refractivity contribution in [2.45, 2.75) is 157 Å². The minimum Gasteiger partial charge on any atom is -0.488 e. The van der Waals surface area contributed by atoms with Gasteiger partial charge in [-0.2, -0.15) is 0 Å². The Balaban J connectivity index is 0.000000246. The van der Waals surface area contributed by atoms with Crippen molar-refractivity contribution in [3.8, 4) is 5.75 Å². The maximum Gasteiger partial charge on any atom is 0.192 e. The Morgan fingerprint density at radius 2 is 1.31 bits per heavy atom. The van der Waals surface area contributed by atoms with E-state index >= 15 is 0 Å². The summed E-state index contributed by atoms with van der Waals surface area (Å²) in [4.78, 5) is 0. The van der Waals surface area contributed by atoms with Gasteiger partial charge in [0, 0.05) is 12.0 Å². The second-order valence-corrected chi connectivity index (χ2v) is 17.8. The van der Waals surface area contributed by atoms with Crippen molar-refractivity contribution in [3.63, 3.8) is 0 Å². The van der Waals surface area contributed by atoms with Gasteiger partial charge in [0.25, 0.3) is 0 Å². The normalized spacial score (nSPS) is 26.0. The van der Waals surface area contributed by atoms with E-state index in [4.69, 9.17) is 23.7 Å². The number of rotatable bonds is 7. The molecule has 254 valence electrons. The molecule has 0 saturated carbocycles. The fourth-order valence-corrected chi connectivity index (χ4v) is 5.81. The first-order valence-corrected chi connectivity index (χ1v) is 17.0. The molecule has 4 atom stereocenters. The van der Waals surface area contributed by atoms with E-state index in [0.29, 0.717) is 18.6 Å². The van der Waals surface area contributed by atoms with E-state index in [2.05, 4.69) is 93.5 Å². The van der Waals surface area contributed by atoms with Gasteiger partial charge in [-0.3, -0.25) is 0 Å². The molecule has 2 aliphatic heterocycles. The standard InChI is InChI=1S/C21H34O2.C19H30O3/c1-19(2,3)13-8-14-21(7)22-15-18(23-21)16-9-11-17(12-10-16)20(4,5)6;1-17(2,3)12-16-13-20-19(7,22-16)14-8-10-15(11-9-14)21-18(4,5)6/h9-12,18H,8,13-15H2,1-7H3;8-11,16H,12-13H2,1-7H3. The summed E-state index contributed by atoms with van der Waals surface area (Å²) in [6, 6.07) is 16.8. The lowest BCUT2D eigenvalue weighted by atomic mass is 9.86. The van der Waals surface area contributed by atoms with Gasteiger partial charge in [0.15, 0.2) is 11.6 Å².